The highest BCUT2D eigenvalue weighted by atomic mass is 79.9. The number of halogens is 2. The van der Waals surface area contributed by atoms with Gasteiger partial charge in [0.1, 0.15) is 17.3 Å². The van der Waals surface area contributed by atoms with Crippen LogP contribution in [0.1, 0.15) is 10.5 Å². The molecule has 0 aliphatic heterocycles. The van der Waals surface area contributed by atoms with Crippen molar-refractivity contribution in [2.24, 2.45) is 0 Å². The molecule has 0 radical (unpaired) electrons. The van der Waals surface area contributed by atoms with Crippen LogP contribution in [0.4, 0.5) is 15.9 Å². The Kier molecular flexibility index (Phi) is 4.11. The molecule has 0 saturated heterocycles. The van der Waals surface area contributed by atoms with Crippen molar-refractivity contribution in [1.82, 2.24) is 4.98 Å². The lowest BCUT2D eigenvalue weighted by Crippen LogP contribution is -2.14. The van der Waals surface area contributed by atoms with Crippen LogP contribution in [0.15, 0.2) is 40.9 Å². The molecule has 2 aromatic rings. The van der Waals surface area contributed by atoms with Gasteiger partial charge in [-0.2, -0.15) is 0 Å². The van der Waals surface area contributed by atoms with Gasteiger partial charge in [-0.15, -0.1) is 0 Å². The number of hydrogen-bond donors (Lipinski definition) is 2. The zero-order chi connectivity index (χ0) is 13.8. The molecule has 2 N–H and O–H groups in total. The fourth-order valence-corrected chi connectivity index (χ4v) is 1.83. The largest absolute Gasteiger partial charge is 0.373 e. The first kappa shape index (κ1) is 13.5. The SMILES string of the molecule is CNc1cccc(C(=O)Nc2cc(F)ccc2Br)n1. The topological polar surface area (TPSA) is 54.0 Å². The normalized spacial score (nSPS) is 10.1. The maximum atomic E-state index is 13.1. The third-order valence-electron chi connectivity index (χ3n) is 2.41. The highest BCUT2D eigenvalue weighted by Crippen LogP contribution is 2.23. The van der Waals surface area contributed by atoms with Crippen molar-refractivity contribution in [2.45, 2.75) is 0 Å². The van der Waals surface area contributed by atoms with Crippen LogP contribution in [0.25, 0.3) is 0 Å². The molecule has 0 spiro atoms. The van der Waals surface area contributed by atoms with Crippen molar-refractivity contribution in [3.63, 3.8) is 0 Å². The Balaban J connectivity index is 2.22. The highest BCUT2D eigenvalue weighted by molar-refractivity contribution is 9.10. The van der Waals surface area contributed by atoms with Crippen LogP contribution in [-0.2, 0) is 0 Å². The molecule has 0 atom stereocenters. The second kappa shape index (κ2) is 5.79. The van der Waals surface area contributed by atoms with Gasteiger partial charge in [-0.1, -0.05) is 6.07 Å². The van der Waals surface area contributed by atoms with Gasteiger partial charge in [0.15, 0.2) is 0 Å². The second-order valence-electron chi connectivity index (χ2n) is 3.74. The van der Waals surface area contributed by atoms with Crippen LogP contribution in [-0.4, -0.2) is 17.9 Å². The van der Waals surface area contributed by atoms with Gasteiger partial charge in [0.05, 0.1) is 5.69 Å². The van der Waals surface area contributed by atoms with E-state index in [1.165, 1.54) is 18.2 Å². The predicted molar refractivity (Wildman–Crippen MR) is 75.8 cm³/mol. The van der Waals surface area contributed by atoms with Crippen LogP contribution in [0.3, 0.4) is 0 Å². The van der Waals surface area contributed by atoms with Gasteiger partial charge in [0.25, 0.3) is 5.91 Å². The number of pyridine rings is 1. The number of amides is 1. The Hall–Kier alpha value is -1.95. The molecule has 0 fully saturated rings. The van der Waals surface area contributed by atoms with Crippen molar-refractivity contribution >= 4 is 33.3 Å². The molecule has 2 rings (SSSR count). The number of hydrogen-bond acceptors (Lipinski definition) is 3. The minimum absolute atomic E-state index is 0.253. The number of carbonyl (C=O) groups is 1. The summed E-state index contributed by atoms with van der Waals surface area (Å²) in [7, 11) is 1.72. The average molecular weight is 324 g/mol. The molecule has 1 aromatic heterocycles. The van der Waals surface area contributed by atoms with Gasteiger partial charge >= 0.3 is 0 Å². The van der Waals surface area contributed by atoms with Crippen LogP contribution >= 0.6 is 15.9 Å². The summed E-state index contributed by atoms with van der Waals surface area (Å²) in [6, 6.07) is 9.12. The van der Waals surface area contributed by atoms with Gasteiger partial charge in [0, 0.05) is 11.5 Å². The standard InChI is InChI=1S/C13H11BrFN3O/c1-16-12-4-2-3-10(17-12)13(19)18-11-7-8(15)5-6-9(11)14/h2-7H,1H3,(H,16,17)(H,18,19). The van der Waals surface area contributed by atoms with Crippen LogP contribution < -0.4 is 10.6 Å². The first-order chi connectivity index (χ1) is 9.10. The number of anilines is 2. The quantitative estimate of drug-likeness (QED) is 0.911. The van der Waals surface area contributed by atoms with Crippen molar-refractivity contribution in [1.29, 1.82) is 0 Å². The Morgan fingerprint density at radius 3 is 2.84 bits per heavy atom. The lowest BCUT2D eigenvalue weighted by molar-refractivity contribution is 0.102. The lowest BCUT2D eigenvalue weighted by atomic mass is 10.3. The fourth-order valence-electron chi connectivity index (χ4n) is 1.48. The Labute approximate surface area is 118 Å². The zero-order valence-corrected chi connectivity index (χ0v) is 11.7. The second-order valence-corrected chi connectivity index (χ2v) is 4.59. The highest BCUT2D eigenvalue weighted by Gasteiger charge is 2.10. The van der Waals surface area contributed by atoms with E-state index in [2.05, 4.69) is 31.5 Å². The van der Waals surface area contributed by atoms with E-state index in [9.17, 15) is 9.18 Å². The van der Waals surface area contributed by atoms with Crippen molar-refractivity contribution in [3.05, 3.63) is 52.4 Å². The fraction of sp³-hybridized carbons (Fsp3) is 0.0769. The maximum absolute atomic E-state index is 13.1. The van der Waals surface area contributed by atoms with Crippen molar-refractivity contribution < 1.29 is 9.18 Å². The summed E-state index contributed by atoms with van der Waals surface area (Å²) in [5.74, 6) is -0.232. The summed E-state index contributed by atoms with van der Waals surface area (Å²) < 4.78 is 13.7. The van der Waals surface area contributed by atoms with E-state index >= 15 is 0 Å². The number of aromatic nitrogens is 1. The molecule has 0 unspecified atom stereocenters. The Morgan fingerprint density at radius 2 is 2.11 bits per heavy atom. The Bertz CT molecular complexity index is 619. The first-order valence-corrected chi connectivity index (χ1v) is 6.30. The zero-order valence-electron chi connectivity index (χ0n) is 10.1. The van der Waals surface area contributed by atoms with E-state index < -0.39 is 11.7 Å². The molecular weight excluding hydrogens is 313 g/mol. The lowest BCUT2D eigenvalue weighted by Gasteiger charge is -2.08. The smallest absolute Gasteiger partial charge is 0.274 e. The third kappa shape index (κ3) is 3.29. The van der Waals surface area contributed by atoms with E-state index in [1.807, 2.05) is 0 Å². The van der Waals surface area contributed by atoms with Gasteiger partial charge in [-0.05, 0) is 46.3 Å². The molecule has 1 heterocycles. The molecular formula is C13H11BrFN3O. The minimum atomic E-state index is -0.421. The molecule has 6 heteroatoms. The maximum Gasteiger partial charge on any atom is 0.274 e. The summed E-state index contributed by atoms with van der Waals surface area (Å²) in [5.41, 5.74) is 0.615. The van der Waals surface area contributed by atoms with E-state index in [1.54, 1.807) is 25.2 Å². The Morgan fingerprint density at radius 1 is 1.32 bits per heavy atom. The molecule has 98 valence electrons. The molecule has 0 saturated carbocycles. The molecule has 0 aliphatic carbocycles. The molecule has 4 nitrogen and oxygen atoms in total. The van der Waals surface area contributed by atoms with Crippen LogP contribution in [0, 0.1) is 5.82 Å². The number of carbonyl (C=O) groups excluding carboxylic acids is 1. The summed E-state index contributed by atoms with van der Waals surface area (Å²) in [4.78, 5) is 16.1. The van der Waals surface area contributed by atoms with Crippen LogP contribution in [0.5, 0.6) is 0 Å². The minimum Gasteiger partial charge on any atom is -0.373 e. The summed E-state index contributed by atoms with van der Waals surface area (Å²) in [5, 5.41) is 5.45. The van der Waals surface area contributed by atoms with Gasteiger partial charge in [-0.25, -0.2) is 9.37 Å². The molecule has 0 bridgehead atoms. The van der Waals surface area contributed by atoms with E-state index in [4.69, 9.17) is 0 Å². The van der Waals surface area contributed by atoms with Gasteiger partial charge in [0.2, 0.25) is 0 Å². The number of benzene rings is 1. The number of nitrogens with zero attached hydrogens (tertiary/aromatic N) is 1. The molecule has 1 aromatic carbocycles. The predicted octanol–water partition coefficient (Wildman–Crippen LogP) is 3.28. The van der Waals surface area contributed by atoms with E-state index in [0.717, 1.165) is 0 Å². The van der Waals surface area contributed by atoms with Crippen molar-refractivity contribution in [3.8, 4) is 0 Å². The van der Waals surface area contributed by atoms with Crippen LogP contribution in [0.2, 0.25) is 0 Å². The van der Waals surface area contributed by atoms with E-state index in [-0.39, 0.29) is 5.69 Å². The number of rotatable bonds is 3. The average Bonchev–Trinajstić information content (AvgIpc) is 2.43. The first-order valence-electron chi connectivity index (χ1n) is 5.51. The molecule has 19 heavy (non-hydrogen) atoms. The van der Waals surface area contributed by atoms with Crippen molar-refractivity contribution in [2.75, 3.05) is 17.7 Å². The molecule has 1 amide bonds. The third-order valence-corrected chi connectivity index (χ3v) is 3.11. The van der Waals surface area contributed by atoms with Gasteiger partial charge in [-0.3, -0.25) is 4.79 Å². The molecule has 0 aliphatic rings. The summed E-state index contributed by atoms with van der Waals surface area (Å²) >= 11 is 3.25. The summed E-state index contributed by atoms with van der Waals surface area (Å²) in [6.45, 7) is 0. The number of nitrogens with one attached hydrogen (secondary N) is 2. The summed E-state index contributed by atoms with van der Waals surface area (Å²) in [6.07, 6.45) is 0. The van der Waals surface area contributed by atoms with Gasteiger partial charge < -0.3 is 10.6 Å². The monoisotopic (exact) mass is 323 g/mol. The van der Waals surface area contributed by atoms with E-state index in [0.29, 0.717) is 16.0 Å².